The molecule has 1 N–H and O–H groups in total. The number of phenolic OH excluding ortho intramolecular Hbond substituents is 1. The van der Waals surface area contributed by atoms with E-state index in [1.807, 2.05) is 38.1 Å². The van der Waals surface area contributed by atoms with Gasteiger partial charge in [0.25, 0.3) is 0 Å². The normalized spacial score (nSPS) is 19.2. The topological polar surface area (TPSA) is 104 Å². The smallest absolute Gasteiger partial charge is 0.355 e. The number of benzene rings is 1. The molecule has 2 aromatic heterocycles. The van der Waals surface area contributed by atoms with Gasteiger partial charge < -0.3 is 14.9 Å². The lowest BCUT2D eigenvalue weighted by Gasteiger charge is -2.40. The molecule has 0 spiro atoms. The minimum Gasteiger partial charge on any atom is -0.507 e. The molecule has 0 unspecified atom stereocenters. The van der Waals surface area contributed by atoms with Gasteiger partial charge in [-0.15, -0.1) is 0 Å². The first-order valence-corrected chi connectivity index (χ1v) is 14.9. The van der Waals surface area contributed by atoms with Crippen molar-refractivity contribution in [3.05, 3.63) is 64.7 Å². The highest BCUT2D eigenvalue weighted by Crippen LogP contribution is 2.38. The van der Waals surface area contributed by atoms with Gasteiger partial charge in [0.15, 0.2) is 11.5 Å². The standard InChI is InChI=1S/C30H32F2N6O3S/c1-6-23(40)36-12-13-37(17(4)15-36)28-18-14-20(32)26(24-19(31)8-7-9-21(24)39)34-29(18)38(30(41)35-28)27-22(42-5)10-11-33-25(27)16(2)3/h6-9,11,14,16-17,22,39H,1,10,12-13,15H2,2-5H3/t17-,22+/m0/s1. The van der Waals surface area contributed by atoms with Gasteiger partial charge in [-0.25, -0.2) is 23.1 Å². The molecule has 3 aromatic rings. The zero-order valence-corrected chi connectivity index (χ0v) is 24.7. The third-order valence-corrected chi connectivity index (χ3v) is 8.59. The predicted molar refractivity (Wildman–Crippen MR) is 163 cm³/mol. The Morgan fingerprint density at radius 1 is 1.21 bits per heavy atom. The van der Waals surface area contributed by atoms with E-state index in [9.17, 15) is 19.1 Å². The van der Waals surface area contributed by atoms with Crippen molar-refractivity contribution < 1.29 is 18.7 Å². The Morgan fingerprint density at radius 3 is 2.62 bits per heavy atom. The number of amides is 1. The number of piperazine rings is 1. The number of aromatic hydroxyl groups is 1. The van der Waals surface area contributed by atoms with Crippen LogP contribution in [0, 0.1) is 17.6 Å². The number of rotatable bonds is 6. The molecule has 0 bridgehead atoms. The fourth-order valence-corrected chi connectivity index (χ4v) is 6.29. The summed E-state index contributed by atoms with van der Waals surface area (Å²) in [6, 6.07) is 4.59. The molecule has 2 aliphatic heterocycles. The Balaban J connectivity index is 1.83. The summed E-state index contributed by atoms with van der Waals surface area (Å²) in [6.07, 6.45) is 5.56. The zero-order chi connectivity index (χ0) is 30.3. The van der Waals surface area contributed by atoms with E-state index in [4.69, 9.17) is 0 Å². The van der Waals surface area contributed by atoms with E-state index in [1.54, 1.807) is 4.90 Å². The van der Waals surface area contributed by atoms with Gasteiger partial charge in [0.05, 0.1) is 27.6 Å². The van der Waals surface area contributed by atoms with Crippen LogP contribution < -0.4 is 10.6 Å². The summed E-state index contributed by atoms with van der Waals surface area (Å²) in [4.78, 5) is 43.4. The molecular weight excluding hydrogens is 562 g/mol. The zero-order valence-electron chi connectivity index (χ0n) is 23.8. The number of halogens is 2. The number of aliphatic imine (C=N–C) groups is 1. The molecule has 0 radical (unpaired) electrons. The minimum absolute atomic E-state index is 0.0566. The molecule has 1 fully saturated rings. The van der Waals surface area contributed by atoms with Gasteiger partial charge in [-0.05, 0) is 43.4 Å². The number of nitrogens with zero attached hydrogens (tertiary/aromatic N) is 6. The number of hydrogen-bond acceptors (Lipinski definition) is 8. The molecule has 1 aromatic carbocycles. The predicted octanol–water partition coefficient (Wildman–Crippen LogP) is 4.70. The van der Waals surface area contributed by atoms with Crippen LogP contribution in [-0.2, 0) is 4.79 Å². The third-order valence-electron chi connectivity index (χ3n) is 7.61. The van der Waals surface area contributed by atoms with Crippen LogP contribution in [0.5, 0.6) is 5.75 Å². The fourth-order valence-electron chi connectivity index (χ4n) is 5.57. The van der Waals surface area contributed by atoms with Crippen molar-refractivity contribution in [2.45, 2.75) is 38.5 Å². The Kier molecular flexibility index (Phi) is 8.18. The van der Waals surface area contributed by atoms with Gasteiger partial charge in [-0.1, -0.05) is 26.5 Å². The molecule has 4 heterocycles. The Bertz CT molecular complexity index is 1680. The number of carbonyl (C=O) groups is 1. The number of allylic oxidation sites excluding steroid dienone is 1. The number of phenols is 1. The van der Waals surface area contributed by atoms with E-state index in [2.05, 4.69) is 21.5 Å². The van der Waals surface area contributed by atoms with Crippen LogP contribution in [0.1, 0.15) is 27.2 Å². The van der Waals surface area contributed by atoms with Crippen molar-refractivity contribution in [2.24, 2.45) is 10.9 Å². The van der Waals surface area contributed by atoms with E-state index in [0.717, 1.165) is 6.07 Å². The number of thioether (sulfide) groups is 1. The number of anilines is 1. The Morgan fingerprint density at radius 2 is 1.98 bits per heavy atom. The van der Waals surface area contributed by atoms with Crippen LogP contribution in [0.3, 0.4) is 0 Å². The van der Waals surface area contributed by atoms with Crippen molar-refractivity contribution in [1.29, 1.82) is 0 Å². The molecule has 5 rings (SSSR count). The van der Waals surface area contributed by atoms with Crippen LogP contribution in [0.2, 0.25) is 0 Å². The molecule has 2 atom stereocenters. The van der Waals surface area contributed by atoms with E-state index >= 15 is 4.39 Å². The molecule has 1 amide bonds. The van der Waals surface area contributed by atoms with E-state index in [0.29, 0.717) is 37.4 Å². The lowest BCUT2D eigenvalue weighted by atomic mass is 10.0. The molecule has 42 heavy (non-hydrogen) atoms. The summed E-state index contributed by atoms with van der Waals surface area (Å²) in [5.41, 5.74) is -0.132. The minimum atomic E-state index is -0.884. The van der Waals surface area contributed by atoms with Crippen molar-refractivity contribution in [1.82, 2.24) is 19.4 Å². The molecular formula is C30H32F2N6O3S. The third kappa shape index (κ3) is 5.08. The highest BCUT2D eigenvalue weighted by atomic mass is 32.2. The van der Waals surface area contributed by atoms with Crippen molar-refractivity contribution in [3.63, 3.8) is 0 Å². The number of aromatic nitrogens is 3. The van der Waals surface area contributed by atoms with Crippen LogP contribution in [-0.4, -0.2) is 73.8 Å². The monoisotopic (exact) mass is 594 g/mol. The first-order valence-electron chi connectivity index (χ1n) is 13.7. The summed E-state index contributed by atoms with van der Waals surface area (Å²) >= 11 is 1.54. The summed E-state index contributed by atoms with van der Waals surface area (Å²) in [6.45, 7) is 10.4. The fraction of sp³-hybridized carbons (Fsp3) is 0.367. The number of carbonyl (C=O) groups excluding carboxylic acids is 1. The van der Waals surface area contributed by atoms with Crippen molar-refractivity contribution >= 4 is 46.4 Å². The highest BCUT2D eigenvalue weighted by Gasteiger charge is 2.33. The quantitative estimate of drug-likeness (QED) is 0.413. The van der Waals surface area contributed by atoms with Gasteiger partial charge in [-0.2, -0.15) is 16.7 Å². The molecule has 0 saturated carbocycles. The van der Waals surface area contributed by atoms with E-state index in [1.165, 1.54) is 40.6 Å². The van der Waals surface area contributed by atoms with Crippen LogP contribution >= 0.6 is 11.8 Å². The maximum absolute atomic E-state index is 15.9. The average Bonchev–Trinajstić information content (AvgIpc) is 2.96. The highest BCUT2D eigenvalue weighted by molar-refractivity contribution is 7.99. The summed E-state index contributed by atoms with van der Waals surface area (Å²) in [7, 11) is 0. The maximum Gasteiger partial charge on any atom is 0.355 e. The van der Waals surface area contributed by atoms with Crippen LogP contribution in [0.15, 0.2) is 52.4 Å². The second kappa shape index (κ2) is 11.7. The van der Waals surface area contributed by atoms with Gasteiger partial charge in [0.1, 0.15) is 23.1 Å². The summed E-state index contributed by atoms with van der Waals surface area (Å²) in [5, 5.41) is 10.6. The Labute approximate surface area is 246 Å². The van der Waals surface area contributed by atoms with Gasteiger partial charge in [-0.3, -0.25) is 9.79 Å². The number of hydrogen-bond donors (Lipinski definition) is 1. The molecule has 2 aliphatic rings. The maximum atomic E-state index is 15.9. The van der Waals surface area contributed by atoms with Crippen LogP contribution in [0.4, 0.5) is 14.6 Å². The van der Waals surface area contributed by atoms with E-state index < -0.39 is 34.3 Å². The van der Waals surface area contributed by atoms with Crippen LogP contribution in [0.25, 0.3) is 28.0 Å². The number of fused-ring (bicyclic) bond motifs is 1. The molecule has 220 valence electrons. The lowest BCUT2D eigenvalue weighted by Crippen LogP contribution is -2.54. The second-order valence-corrected chi connectivity index (χ2v) is 11.6. The summed E-state index contributed by atoms with van der Waals surface area (Å²) < 4.78 is 32.2. The lowest BCUT2D eigenvalue weighted by molar-refractivity contribution is -0.126. The molecule has 1 saturated heterocycles. The van der Waals surface area contributed by atoms with Crippen molar-refractivity contribution in [3.8, 4) is 17.0 Å². The van der Waals surface area contributed by atoms with Crippen molar-refractivity contribution in [2.75, 3.05) is 30.8 Å². The average molecular weight is 595 g/mol. The van der Waals surface area contributed by atoms with E-state index in [-0.39, 0.29) is 40.0 Å². The second-order valence-electron chi connectivity index (χ2n) is 10.6. The Hall–Kier alpha value is -4.06. The molecule has 9 nitrogen and oxygen atoms in total. The van der Waals surface area contributed by atoms with Gasteiger partial charge >= 0.3 is 5.69 Å². The first-order chi connectivity index (χ1) is 20.1. The SMILES string of the molecule is C=CC(=O)N1CCN(c2nc(=O)n(C3=C(C(C)C)N=CC[C@H]3SC)c3nc(-c4c(O)cccc4F)c(F)cc23)[C@@H](C)C1. The molecule has 12 heteroatoms. The largest absolute Gasteiger partial charge is 0.507 e. The first kappa shape index (κ1) is 29.4. The van der Waals surface area contributed by atoms with Gasteiger partial charge in [0, 0.05) is 38.3 Å². The molecule has 0 aliphatic carbocycles. The number of pyridine rings is 1. The summed E-state index contributed by atoms with van der Waals surface area (Å²) in [5.74, 6) is -2.26. The van der Waals surface area contributed by atoms with Gasteiger partial charge in [0.2, 0.25) is 5.91 Å².